The second-order valence-electron chi connectivity index (χ2n) is 7.28. The van der Waals surface area contributed by atoms with E-state index in [9.17, 15) is 0 Å². The van der Waals surface area contributed by atoms with Crippen LogP contribution in [0.5, 0.6) is 0 Å². The highest BCUT2D eigenvalue weighted by Gasteiger charge is 2.30. The molecule has 3 rings (SSSR count). The Morgan fingerprint density at radius 3 is 2.27 bits per heavy atom. The summed E-state index contributed by atoms with van der Waals surface area (Å²) in [6.45, 7) is 9.85. The van der Waals surface area contributed by atoms with Gasteiger partial charge < -0.3 is 9.88 Å². The fraction of sp³-hybridized carbons (Fsp3) is 0.550. The molecule has 1 atom stereocenters. The molecule has 0 aliphatic carbocycles. The SMILES string of the molecule is CNCC(c1nc(-c2ccccc2)n(C)c1Br)N1CCN(C(C)C)CC1. The average molecular weight is 420 g/mol. The van der Waals surface area contributed by atoms with Gasteiger partial charge in [-0.1, -0.05) is 30.3 Å². The van der Waals surface area contributed by atoms with Crippen molar-refractivity contribution in [1.82, 2.24) is 24.7 Å². The van der Waals surface area contributed by atoms with Crippen molar-refractivity contribution in [3.8, 4) is 11.4 Å². The summed E-state index contributed by atoms with van der Waals surface area (Å²) in [6.07, 6.45) is 0. The predicted molar refractivity (Wildman–Crippen MR) is 111 cm³/mol. The van der Waals surface area contributed by atoms with Crippen molar-refractivity contribution in [1.29, 1.82) is 0 Å². The summed E-state index contributed by atoms with van der Waals surface area (Å²) in [5.41, 5.74) is 2.27. The smallest absolute Gasteiger partial charge is 0.140 e. The van der Waals surface area contributed by atoms with Crippen molar-refractivity contribution in [2.45, 2.75) is 25.9 Å². The molecule has 0 saturated carbocycles. The third kappa shape index (κ3) is 4.03. The number of hydrogen-bond donors (Lipinski definition) is 1. The van der Waals surface area contributed by atoms with Crippen LogP contribution < -0.4 is 5.32 Å². The number of hydrogen-bond acceptors (Lipinski definition) is 4. The van der Waals surface area contributed by atoms with E-state index in [0.29, 0.717) is 6.04 Å². The number of aromatic nitrogens is 2. The Morgan fingerprint density at radius 2 is 1.69 bits per heavy atom. The molecule has 1 aliphatic rings. The molecule has 142 valence electrons. The maximum absolute atomic E-state index is 5.05. The van der Waals surface area contributed by atoms with Gasteiger partial charge in [0.2, 0.25) is 0 Å². The molecule has 0 bridgehead atoms. The van der Waals surface area contributed by atoms with E-state index in [1.165, 1.54) is 0 Å². The first-order chi connectivity index (χ1) is 12.5. The first-order valence-electron chi connectivity index (χ1n) is 9.43. The average Bonchev–Trinajstić information content (AvgIpc) is 2.96. The van der Waals surface area contributed by atoms with Gasteiger partial charge in [0.05, 0.1) is 11.7 Å². The van der Waals surface area contributed by atoms with Gasteiger partial charge in [0, 0.05) is 51.4 Å². The Morgan fingerprint density at radius 1 is 1.08 bits per heavy atom. The van der Waals surface area contributed by atoms with E-state index < -0.39 is 0 Å². The Labute approximate surface area is 165 Å². The van der Waals surface area contributed by atoms with E-state index in [4.69, 9.17) is 4.98 Å². The first kappa shape index (κ1) is 19.5. The lowest BCUT2D eigenvalue weighted by Crippen LogP contribution is -2.51. The zero-order chi connectivity index (χ0) is 18.7. The van der Waals surface area contributed by atoms with Crippen LogP contribution in [0, 0.1) is 0 Å². The highest BCUT2D eigenvalue weighted by Crippen LogP contribution is 2.32. The molecule has 0 spiro atoms. The van der Waals surface area contributed by atoms with Crippen molar-refractivity contribution >= 4 is 15.9 Å². The third-order valence-corrected chi connectivity index (χ3v) is 6.25. The Balaban J connectivity index is 1.87. The van der Waals surface area contributed by atoms with E-state index in [-0.39, 0.29) is 6.04 Å². The molecule has 1 N–H and O–H groups in total. The lowest BCUT2D eigenvalue weighted by molar-refractivity contribution is 0.0765. The molecule has 1 aromatic carbocycles. The normalized spacial score (nSPS) is 17.8. The zero-order valence-electron chi connectivity index (χ0n) is 16.2. The molecule has 1 saturated heterocycles. The van der Waals surface area contributed by atoms with Crippen LogP contribution in [0.3, 0.4) is 0 Å². The summed E-state index contributed by atoms with van der Waals surface area (Å²) < 4.78 is 3.22. The van der Waals surface area contributed by atoms with Crippen molar-refractivity contribution < 1.29 is 0 Å². The molecule has 1 aliphatic heterocycles. The minimum absolute atomic E-state index is 0.271. The van der Waals surface area contributed by atoms with E-state index in [2.05, 4.69) is 80.8 Å². The minimum Gasteiger partial charge on any atom is -0.322 e. The van der Waals surface area contributed by atoms with Gasteiger partial charge in [-0.25, -0.2) is 4.98 Å². The second kappa shape index (κ2) is 8.65. The topological polar surface area (TPSA) is 36.3 Å². The summed E-state index contributed by atoms with van der Waals surface area (Å²) in [4.78, 5) is 10.2. The van der Waals surface area contributed by atoms with E-state index in [1.54, 1.807) is 0 Å². The van der Waals surface area contributed by atoms with Gasteiger partial charge in [-0.05, 0) is 36.8 Å². The van der Waals surface area contributed by atoms with Gasteiger partial charge in [0.15, 0.2) is 0 Å². The third-order valence-electron chi connectivity index (χ3n) is 5.31. The molecule has 2 aromatic rings. The second-order valence-corrected chi connectivity index (χ2v) is 8.03. The summed E-state index contributed by atoms with van der Waals surface area (Å²) in [6, 6.07) is 11.3. The van der Waals surface area contributed by atoms with Crippen LogP contribution >= 0.6 is 15.9 Å². The highest BCUT2D eigenvalue weighted by molar-refractivity contribution is 9.10. The maximum Gasteiger partial charge on any atom is 0.140 e. The van der Waals surface area contributed by atoms with Crippen LogP contribution in [0.1, 0.15) is 25.6 Å². The van der Waals surface area contributed by atoms with Crippen molar-refractivity contribution in [3.63, 3.8) is 0 Å². The lowest BCUT2D eigenvalue weighted by Gasteiger charge is -2.40. The van der Waals surface area contributed by atoms with Gasteiger partial charge >= 0.3 is 0 Å². The minimum atomic E-state index is 0.271. The molecule has 1 aromatic heterocycles. The lowest BCUT2D eigenvalue weighted by atomic mass is 10.1. The summed E-state index contributed by atoms with van der Waals surface area (Å²) >= 11 is 3.81. The highest BCUT2D eigenvalue weighted by atomic mass is 79.9. The van der Waals surface area contributed by atoms with E-state index in [0.717, 1.165) is 54.4 Å². The molecule has 5 nitrogen and oxygen atoms in total. The number of benzene rings is 1. The van der Waals surface area contributed by atoms with Crippen molar-refractivity contribution in [2.75, 3.05) is 39.8 Å². The number of halogens is 1. The van der Waals surface area contributed by atoms with Crippen molar-refractivity contribution in [3.05, 3.63) is 40.6 Å². The van der Waals surface area contributed by atoms with Gasteiger partial charge in [-0.3, -0.25) is 9.80 Å². The molecular formula is C20H30BrN5. The summed E-state index contributed by atoms with van der Waals surface area (Å²) in [5, 5.41) is 3.37. The van der Waals surface area contributed by atoms with Crippen LogP contribution in [0.4, 0.5) is 0 Å². The molecule has 26 heavy (non-hydrogen) atoms. The zero-order valence-corrected chi connectivity index (χ0v) is 17.8. The Bertz CT molecular complexity index is 704. The summed E-state index contributed by atoms with van der Waals surface area (Å²) in [7, 11) is 4.10. The van der Waals surface area contributed by atoms with Crippen LogP contribution in [0.25, 0.3) is 11.4 Å². The van der Waals surface area contributed by atoms with Gasteiger partial charge in [0.1, 0.15) is 10.4 Å². The molecule has 6 heteroatoms. The number of nitrogens with zero attached hydrogens (tertiary/aromatic N) is 4. The largest absolute Gasteiger partial charge is 0.322 e. The van der Waals surface area contributed by atoms with Gasteiger partial charge in [-0.15, -0.1) is 0 Å². The Hall–Kier alpha value is -1.21. The number of likely N-dealkylation sites (N-methyl/N-ethyl adjacent to an activating group) is 1. The molecular weight excluding hydrogens is 390 g/mol. The first-order valence-corrected chi connectivity index (χ1v) is 10.2. The number of piperazine rings is 1. The molecule has 1 unspecified atom stereocenters. The standard InChI is InChI=1S/C20H30BrN5/c1-15(2)25-10-12-26(13-11-25)17(14-22-3)18-19(21)24(4)20(23-18)16-8-6-5-7-9-16/h5-9,15,17,22H,10-14H2,1-4H3. The fourth-order valence-corrected chi connectivity index (χ4v) is 4.24. The van der Waals surface area contributed by atoms with Crippen LogP contribution in [-0.4, -0.2) is 65.2 Å². The monoisotopic (exact) mass is 419 g/mol. The molecule has 0 radical (unpaired) electrons. The maximum atomic E-state index is 5.05. The number of imidazole rings is 1. The Kier molecular flexibility index (Phi) is 6.51. The molecule has 0 amide bonds. The molecule has 1 fully saturated rings. The number of rotatable bonds is 6. The number of nitrogens with one attached hydrogen (secondary N) is 1. The van der Waals surface area contributed by atoms with Crippen LogP contribution in [0.15, 0.2) is 34.9 Å². The quantitative estimate of drug-likeness (QED) is 0.779. The van der Waals surface area contributed by atoms with Crippen molar-refractivity contribution in [2.24, 2.45) is 7.05 Å². The predicted octanol–water partition coefficient (Wildman–Crippen LogP) is 3.14. The van der Waals surface area contributed by atoms with E-state index >= 15 is 0 Å². The fourth-order valence-electron chi connectivity index (χ4n) is 3.71. The van der Waals surface area contributed by atoms with Gasteiger partial charge in [0.25, 0.3) is 0 Å². The molecule has 2 heterocycles. The van der Waals surface area contributed by atoms with Crippen LogP contribution in [0.2, 0.25) is 0 Å². The van der Waals surface area contributed by atoms with Gasteiger partial charge in [-0.2, -0.15) is 0 Å². The summed E-state index contributed by atoms with van der Waals surface area (Å²) in [5.74, 6) is 1.01. The van der Waals surface area contributed by atoms with Crippen LogP contribution in [-0.2, 0) is 7.05 Å². The van der Waals surface area contributed by atoms with E-state index in [1.807, 2.05) is 13.1 Å².